The zero-order valence-electron chi connectivity index (χ0n) is 13.0. The van der Waals surface area contributed by atoms with E-state index in [1.54, 1.807) is 23.6 Å². The highest BCUT2D eigenvalue weighted by Crippen LogP contribution is 2.23. The van der Waals surface area contributed by atoms with Gasteiger partial charge in [-0.3, -0.25) is 10.2 Å². The molecule has 1 aromatic heterocycles. The zero-order chi connectivity index (χ0) is 16.7. The number of urea groups is 1. The molecule has 0 radical (unpaired) electrons. The van der Waals surface area contributed by atoms with Crippen LogP contribution in [0.3, 0.4) is 0 Å². The van der Waals surface area contributed by atoms with Crippen LogP contribution in [0.4, 0.5) is 10.5 Å². The molecule has 6 nitrogen and oxygen atoms in total. The Bertz CT molecular complexity index is 685. The first-order chi connectivity index (χ1) is 11.1. The predicted octanol–water partition coefficient (Wildman–Crippen LogP) is 3.18. The maximum Gasteiger partial charge on any atom is 0.338 e. The van der Waals surface area contributed by atoms with Gasteiger partial charge in [0.25, 0.3) is 5.91 Å². The third-order valence-electron chi connectivity index (χ3n) is 2.99. The van der Waals surface area contributed by atoms with Crippen LogP contribution in [0.15, 0.2) is 35.7 Å². The summed E-state index contributed by atoms with van der Waals surface area (Å²) in [5.41, 5.74) is 5.76. The van der Waals surface area contributed by atoms with Crippen LogP contribution in [0, 0.1) is 0 Å². The Hall–Kier alpha value is -2.54. The molecule has 7 heteroatoms. The van der Waals surface area contributed by atoms with Gasteiger partial charge in [-0.25, -0.2) is 10.2 Å². The highest BCUT2D eigenvalue weighted by Gasteiger charge is 2.11. The first-order valence-electron chi connectivity index (χ1n) is 7.30. The van der Waals surface area contributed by atoms with Crippen LogP contribution in [0.1, 0.15) is 29.1 Å². The predicted molar refractivity (Wildman–Crippen MR) is 90.9 cm³/mol. The molecule has 0 saturated heterocycles. The highest BCUT2D eigenvalue weighted by atomic mass is 32.1. The van der Waals surface area contributed by atoms with Crippen molar-refractivity contribution in [3.05, 3.63) is 46.2 Å². The Morgan fingerprint density at radius 2 is 1.96 bits per heavy atom. The van der Waals surface area contributed by atoms with Crippen molar-refractivity contribution in [2.75, 3.05) is 11.9 Å². The molecule has 0 bridgehead atoms. The fraction of sp³-hybridized carbons (Fsp3) is 0.250. The van der Waals surface area contributed by atoms with Gasteiger partial charge in [-0.05, 0) is 31.5 Å². The van der Waals surface area contributed by atoms with Gasteiger partial charge in [0.15, 0.2) is 0 Å². The number of benzene rings is 1. The standard InChI is InChI=1S/C16H19N3O3S/c1-3-12-9-11(10-23-12)15(20)18-19-16(21)17-13-7-5-6-8-14(13)22-4-2/h5-10H,3-4H2,1-2H3,(H,18,20)(H2,17,19,21). The number of ether oxygens (including phenoxy) is 1. The van der Waals surface area contributed by atoms with Crippen molar-refractivity contribution < 1.29 is 14.3 Å². The Balaban J connectivity index is 1.89. The van der Waals surface area contributed by atoms with Crippen molar-refractivity contribution >= 4 is 29.0 Å². The Morgan fingerprint density at radius 3 is 2.65 bits per heavy atom. The second-order valence-corrected chi connectivity index (χ2v) is 5.61. The van der Waals surface area contributed by atoms with Crippen LogP contribution in [-0.4, -0.2) is 18.5 Å². The molecule has 3 N–H and O–H groups in total. The Morgan fingerprint density at radius 1 is 1.17 bits per heavy atom. The molecule has 2 aromatic rings. The minimum absolute atomic E-state index is 0.353. The molecule has 0 fully saturated rings. The first kappa shape index (κ1) is 16.8. The number of rotatable bonds is 5. The maximum absolute atomic E-state index is 11.9. The van der Waals surface area contributed by atoms with Gasteiger partial charge in [-0.15, -0.1) is 11.3 Å². The van der Waals surface area contributed by atoms with Crippen LogP contribution in [0.5, 0.6) is 5.75 Å². The second-order valence-electron chi connectivity index (χ2n) is 4.62. The molecule has 2 rings (SSSR count). The smallest absolute Gasteiger partial charge is 0.338 e. The molecule has 0 aliphatic carbocycles. The number of carbonyl (C=O) groups excluding carboxylic acids is 2. The lowest BCUT2D eigenvalue weighted by Gasteiger charge is -2.12. The van der Waals surface area contributed by atoms with E-state index in [9.17, 15) is 9.59 Å². The number of carbonyl (C=O) groups is 2. The zero-order valence-corrected chi connectivity index (χ0v) is 13.8. The van der Waals surface area contributed by atoms with Crippen LogP contribution in [-0.2, 0) is 6.42 Å². The van der Waals surface area contributed by atoms with Gasteiger partial charge in [0, 0.05) is 10.3 Å². The van der Waals surface area contributed by atoms with E-state index in [2.05, 4.69) is 16.2 Å². The number of hydrazine groups is 1. The van der Waals surface area contributed by atoms with E-state index >= 15 is 0 Å². The second kappa shape index (κ2) is 8.19. The summed E-state index contributed by atoms with van der Waals surface area (Å²) in [6.45, 7) is 4.38. The van der Waals surface area contributed by atoms with Crippen LogP contribution >= 0.6 is 11.3 Å². The van der Waals surface area contributed by atoms with E-state index in [0.717, 1.165) is 11.3 Å². The largest absolute Gasteiger partial charge is 0.492 e. The lowest BCUT2D eigenvalue weighted by Crippen LogP contribution is -2.43. The third kappa shape index (κ3) is 4.72. The monoisotopic (exact) mass is 333 g/mol. The molecule has 0 atom stereocenters. The fourth-order valence-electron chi connectivity index (χ4n) is 1.88. The summed E-state index contributed by atoms with van der Waals surface area (Å²) in [6, 6.07) is 8.35. The van der Waals surface area contributed by atoms with E-state index < -0.39 is 6.03 Å². The number of para-hydroxylation sites is 2. The number of hydrogen-bond donors (Lipinski definition) is 3. The van der Waals surface area contributed by atoms with Crippen molar-refractivity contribution in [2.45, 2.75) is 20.3 Å². The Kier molecular flexibility index (Phi) is 5.99. The molecule has 1 heterocycles. The summed E-state index contributed by atoms with van der Waals surface area (Å²) in [7, 11) is 0. The Labute approximate surface area is 138 Å². The lowest BCUT2D eigenvalue weighted by atomic mass is 10.3. The quantitative estimate of drug-likeness (QED) is 0.735. The average Bonchev–Trinajstić information content (AvgIpc) is 3.04. The van der Waals surface area contributed by atoms with Crippen molar-refractivity contribution in [2.24, 2.45) is 0 Å². The number of hydrogen-bond acceptors (Lipinski definition) is 4. The summed E-state index contributed by atoms with van der Waals surface area (Å²) in [4.78, 5) is 24.9. The van der Waals surface area contributed by atoms with E-state index in [0.29, 0.717) is 23.6 Å². The third-order valence-corrected chi connectivity index (χ3v) is 4.07. The molecule has 0 aliphatic rings. The summed E-state index contributed by atoms with van der Waals surface area (Å²) < 4.78 is 5.42. The molecular weight excluding hydrogens is 314 g/mol. The minimum Gasteiger partial charge on any atom is -0.492 e. The molecule has 23 heavy (non-hydrogen) atoms. The van der Waals surface area contributed by atoms with Gasteiger partial charge in [0.05, 0.1) is 17.9 Å². The van der Waals surface area contributed by atoms with Gasteiger partial charge in [-0.2, -0.15) is 0 Å². The summed E-state index contributed by atoms with van der Waals surface area (Å²) in [5.74, 6) is 0.219. The van der Waals surface area contributed by atoms with E-state index in [1.165, 1.54) is 11.3 Å². The van der Waals surface area contributed by atoms with Gasteiger partial charge >= 0.3 is 6.03 Å². The normalized spacial score (nSPS) is 10.0. The van der Waals surface area contributed by atoms with Crippen molar-refractivity contribution in [1.82, 2.24) is 10.9 Å². The highest BCUT2D eigenvalue weighted by molar-refractivity contribution is 7.10. The molecule has 0 aliphatic heterocycles. The van der Waals surface area contributed by atoms with Crippen molar-refractivity contribution in [3.8, 4) is 5.75 Å². The average molecular weight is 333 g/mol. The molecule has 1 aromatic carbocycles. The van der Waals surface area contributed by atoms with Crippen molar-refractivity contribution in [1.29, 1.82) is 0 Å². The summed E-state index contributed by atoms with van der Waals surface area (Å²) >= 11 is 1.52. The minimum atomic E-state index is -0.545. The van der Waals surface area contributed by atoms with Crippen molar-refractivity contribution in [3.63, 3.8) is 0 Å². The van der Waals surface area contributed by atoms with E-state index in [4.69, 9.17) is 4.74 Å². The number of amides is 3. The summed E-state index contributed by atoms with van der Waals surface area (Å²) in [5, 5.41) is 4.39. The van der Waals surface area contributed by atoms with Gasteiger partial charge in [0.1, 0.15) is 5.75 Å². The SMILES string of the molecule is CCOc1ccccc1NC(=O)NNC(=O)c1csc(CC)c1. The van der Waals surface area contributed by atoms with Crippen LogP contribution < -0.4 is 20.9 Å². The van der Waals surface area contributed by atoms with E-state index in [1.807, 2.05) is 26.0 Å². The number of aryl methyl sites for hydroxylation is 1. The van der Waals surface area contributed by atoms with Gasteiger partial charge < -0.3 is 10.1 Å². The lowest BCUT2D eigenvalue weighted by molar-refractivity contribution is 0.0938. The van der Waals surface area contributed by atoms with Crippen LogP contribution in [0.25, 0.3) is 0 Å². The maximum atomic E-state index is 11.9. The molecule has 3 amide bonds. The molecular formula is C16H19N3O3S. The fourth-order valence-corrected chi connectivity index (χ4v) is 2.69. The number of nitrogens with one attached hydrogen (secondary N) is 3. The number of thiophene rings is 1. The topological polar surface area (TPSA) is 79.5 Å². The number of anilines is 1. The van der Waals surface area contributed by atoms with E-state index in [-0.39, 0.29) is 5.91 Å². The molecule has 0 unspecified atom stereocenters. The van der Waals surface area contributed by atoms with Gasteiger partial charge in [-0.1, -0.05) is 19.1 Å². The summed E-state index contributed by atoms with van der Waals surface area (Å²) in [6.07, 6.45) is 0.875. The first-order valence-corrected chi connectivity index (χ1v) is 8.18. The molecule has 0 saturated carbocycles. The van der Waals surface area contributed by atoms with Crippen LogP contribution in [0.2, 0.25) is 0 Å². The molecule has 0 spiro atoms. The van der Waals surface area contributed by atoms with Gasteiger partial charge in [0.2, 0.25) is 0 Å². The molecule has 122 valence electrons.